The molecule has 1 atom stereocenters. The van der Waals surface area contributed by atoms with Crippen molar-refractivity contribution < 1.29 is 22.7 Å². The molecule has 21 heavy (non-hydrogen) atoms. The molecule has 0 aliphatic rings. The van der Waals surface area contributed by atoms with Crippen LogP contribution in [0.4, 0.5) is 23.7 Å². The Hall–Kier alpha value is -1.92. The third kappa shape index (κ3) is 5.17. The summed E-state index contributed by atoms with van der Waals surface area (Å²) in [7, 11) is 0. The average molecular weight is 304 g/mol. The van der Waals surface area contributed by atoms with E-state index >= 15 is 0 Å². The number of anilines is 1. The lowest BCUT2D eigenvalue weighted by molar-refractivity contribution is -0.157. The number of nitrogens with one attached hydrogen (secondary N) is 1. The summed E-state index contributed by atoms with van der Waals surface area (Å²) in [6.07, 6.45) is -5.77. The largest absolute Gasteiger partial charge is 0.444 e. The topological polar surface area (TPSA) is 64.3 Å². The maximum atomic E-state index is 13.2. The Kier molecular flexibility index (Phi) is 4.76. The van der Waals surface area contributed by atoms with Crippen LogP contribution in [0.15, 0.2) is 18.2 Å². The van der Waals surface area contributed by atoms with Crippen molar-refractivity contribution in [2.45, 2.75) is 45.5 Å². The maximum absolute atomic E-state index is 13.2. The van der Waals surface area contributed by atoms with Gasteiger partial charge in [-0.2, -0.15) is 13.2 Å². The predicted molar refractivity (Wildman–Crippen MR) is 73.8 cm³/mol. The lowest BCUT2D eigenvalue weighted by atomic mass is 10.0. The highest BCUT2D eigenvalue weighted by Gasteiger charge is 2.43. The molecule has 0 spiro atoms. The Balaban J connectivity index is 3.05. The molecule has 0 radical (unpaired) electrons. The van der Waals surface area contributed by atoms with Gasteiger partial charge in [-0.3, -0.25) is 0 Å². The number of alkyl carbamates (subject to hydrolysis) is 1. The Morgan fingerprint density at radius 2 is 1.86 bits per heavy atom. The molecule has 118 valence electrons. The number of rotatable bonds is 2. The Bertz CT molecular complexity index is 522. The number of ether oxygens (including phenoxy) is 1. The molecule has 1 aromatic carbocycles. The normalized spacial score (nSPS) is 13.7. The van der Waals surface area contributed by atoms with Crippen LogP contribution in [0.5, 0.6) is 0 Å². The van der Waals surface area contributed by atoms with Gasteiger partial charge in [-0.25, -0.2) is 4.79 Å². The summed E-state index contributed by atoms with van der Waals surface area (Å²) in [6.45, 7) is 6.22. The summed E-state index contributed by atoms with van der Waals surface area (Å²) in [5.41, 5.74) is 5.28. The summed E-state index contributed by atoms with van der Waals surface area (Å²) in [4.78, 5) is 11.6. The minimum Gasteiger partial charge on any atom is -0.444 e. The van der Waals surface area contributed by atoms with Crippen LogP contribution >= 0.6 is 0 Å². The second-order valence-corrected chi connectivity index (χ2v) is 5.74. The number of hydrogen-bond donors (Lipinski definition) is 2. The molecule has 0 aromatic heterocycles. The second-order valence-electron chi connectivity index (χ2n) is 5.74. The zero-order chi connectivity index (χ0) is 16.4. The van der Waals surface area contributed by atoms with Crippen molar-refractivity contribution in [2.24, 2.45) is 0 Å². The highest BCUT2D eigenvalue weighted by Crippen LogP contribution is 2.35. The Morgan fingerprint density at radius 1 is 1.29 bits per heavy atom. The van der Waals surface area contributed by atoms with Gasteiger partial charge < -0.3 is 15.8 Å². The summed E-state index contributed by atoms with van der Waals surface area (Å²) >= 11 is 0. The highest BCUT2D eigenvalue weighted by atomic mass is 19.4. The zero-order valence-corrected chi connectivity index (χ0v) is 12.3. The third-order valence-electron chi connectivity index (χ3n) is 2.59. The summed E-state index contributed by atoms with van der Waals surface area (Å²) in [5, 5.41) is 1.86. The molecule has 1 unspecified atom stereocenters. The fourth-order valence-corrected chi connectivity index (χ4v) is 1.78. The number of alkyl halides is 3. The molecule has 1 amide bonds. The first-order chi connectivity index (χ1) is 9.40. The lowest BCUT2D eigenvalue weighted by Gasteiger charge is -2.26. The predicted octanol–water partition coefficient (Wildman–Crippen LogP) is 3.71. The number of aryl methyl sites for hydroxylation is 1. The molecule has 0 heterocycles. The molecule has 3 N–H and O–H groups in total. The Morgan fingerprint density at radius 3 is 2.29 bits per heavy atom. The quantitative estimate of drug-likeness (QED) is 0.819. The second kappa shape index (κ2) is 5.83. The van der Waals surface area contributed by atoms with Crippen LogP contribution in [-0.2, 0) is 4.74 Å². The maximum Gasteiger partial charge on any atom is 0.412 e. The van der Waals surface area contributed by atoms with Gasteiger partial charge in [-0.05, 0) is 51.0 Å². The molecule has 0 saturated carbocycles. The molecule has 0 saturated heterocycles. The number of hydrogen-bond acceptors (Lipinski definition) is 3. The van der Waals surface area contributed by atoms with Crippen molar-refractivity contribution >= 4 is 11.8 Å². The number of amides is 1. The molecular formula is C14H19F3N2O2. The summed E-state index contributed by atoms with van der Waals surface area (Å²) in [6, 6.07) is 1.89. The molecule has 7 heteroatoms. The number of nitrogen functional groups attached to an aromatic ring is 1. The molecule has 1 rings (SSSR count). The molecule has 4 nitrogen and oxygen atoms in total. The first-order valence-corrected chi connectivity index (χ1v) is 6.32. The monoisotopic (exact) mass is 304 g/mol. The fraction of sp³-hybridized carbons (Fsp3) is 0.500. The van der Waals surface area contributed by atoms with Crippen LogP contribution in [0, 0.1) is 6.92 Å². The molecule has 0 aliphatic heterocycles. The van der Waals surface area contributed by atoms with E-state index in [1.54, 1.807) is 20.8 Å². The van der Waals surface area contributed by atoms with E-state index in [-0.39, 0.29) is 5.56 Å². The highest BCUT2D eigenvalue weighted by molar-refractivity contribution is 5.68. The van der Waals surface area contributed by atoms with E-state index in [0.29, 0.717) is 11.3 Å². The van der Waals surface area contributed by atoms with Gasteiger partial charge in [0.2, 0.25) is 0 Å². The standard InChI is InChI=1S/C14H19F3N2O2/c1-8-7-9(18)5-6-10(8)11(14(15,16)17)19-12(20)21-13(2,3)4/h5-7,11H,18H2,1-4H3,(H,19,20). The number of carbonyl (C=O) groups is 1. The van der Waals surface area contributed by atoms with Gasteiger partial charge in [0.1, 0.15) is 5.60 Å². The molecule has 1 aromatic rings. The average Bonchev–Trinajstić information content (AvgIpc) is 2.22. The SMILES string of the molecule is Cc1cc(N)ccc1C(NC(=O)OC(C)(C)C)C(F)(F)F. The van der Waals surface area contributed by atoms with Crippen LogP contribution in [0.3, 0.4) is 0 Å². The smallest absolute Gasteiger partial charge is 0.412 e. The van der Waals surface area contributed by atoms with Crippen molar-refractivity contribution in [2.75, 3.05) is 5.73 Å². The van der Waals surface area contributed by atoms with E-state index in [9.17, 15) is 18.0 Å². The van der Waals surface area contributed by atoms with Gasteiger partial charge in [-0.1, -0.05) is 6.07 Å². The van der Waals surface area contributed by atoms with Crippen LogP contribution in [0.2, 0.25) is 0 Å². The first-order valence-electron chi connectivity index (χ1n) is 6.32. The first kappa shape index (κ1) is 17.1. The van der Waals surface area contributed by atoms with E-state index in [4.69, 9.17) is 10.5 Å². The number of nitrogens with two attached hydrogens (primary N) is 1. The zero-order valence-electron chi connectivity index (χ0n) is 12.3. The van der Waals surface area contributed by atoms with Crippen LogP contribution in [0.25, 0.3) is 0 Å². The molecule has 0 fully saturated rings. The molecule has 0 bridgehead atoms. The number of halogens is 3. The van der Waals surface area contributed by atoms with E-state index in [1.807, 2.05) is 5.32 Å². The summed E-state index contributed by atoms with van der Waals surface area (Å²) in [5.74, 6) is 0. The van der Waals surface area contributed by atoms with Crippen molar-refractivity contribution in [3.63, 3.8) is 0 Å². The molecular weight excluding hydrogens is 285 g/mol. The van der Waals surface area contributed by atoms with Gasteiger partial charge in [0.25, 0.3) is 0 Å². The number of carbonyl (C=O) groups excluding carboxylic acids is 1. The lowest BCUT2D eigenvalue weighted by Crippen LogP contribution is -2.41. The van der Waals surface area contributed by atoms with Gasteiger partial charge in [0, 0.05) is 5.69 Å². The van der Waals surface area contributed by atoms with Crippen LogP contribution in [0.1, 0.15) is 37.9 Å². The van der Waals surface area contributed by atoms with E-state index in [2.05, 4.69) is 0 Å². The van der Waals surface area contributed by atoms with E-state index in [0.717, 1.165) is 0 Å². The van der Waals surface area contributed by atoms with Gasteiger partial charge in [0.05, 0.1) is 0 Å². The van der Waals surface area contributed by atoms with Crippen LogP contribution < -0.4 is 11.1 Å². The van der Waals surface area contributed by atoms with E-state index in [1.165, 1.54) is 25.1 Å². The summed E-state index contributed by atoms with van der Waals surface area (Å²) < 4.78 is 44.4. The van der Waals surface area contributed by atoms with Gasteiger partial charge in [0.15, 0.2) is 6.04 Å². The molecule has 0 aliphatic carbocycles. The minimum atomic E-state index is -4.64. The minimum absolute atomic E-state index is 0.0671. The van der Waals surface area contributed by atoms with Gasteiger partial charge in [-0.15, -0.1) is 0 Å². The number of benzene rings is 1. The van der Waals surface area contributed by atoms with Crippen molar-refractivity contribution in [3.8, 4) is 0 Å². The van der Waals surface area contributed by atoms with Crippen LogP contribution in [-0.4, -0.2) is 17.9 Å². The fourth-order valence-electron chi connectivity index (χ4n) is 1.78. The van der Waals surface area contributed by atoms with Crippen molar-refractivity contribution in [1.82, 2.24) is 5.32 Å². The van der Waals surface area contributed by atoms with E-state index < -0.39 is 23.9 Å². The Labute approximate surface area is 121 Å². The van der Waals surface area contributed by atoms with Crippen molar-refractivity contribution in [3.05, 3.63) is 29.3 Å². The van der Waals surface area contributed by atoms with Gasteiger partial charge >= 0.3 is 12.3 Å². The van der Waals surface area contributed by atoms with Crippen molar-refractivity contribution in [1.29, 1.82) is 0 Å². The third-order valence-corrected chi connectivity index (χ3v) is 2.59.